The van der Waals surface area contributed by atoms with Crippen molar-refractivity contribution in [3.05, 3.63) is 54.9 Å². The molecule has 0 aliphatic carbocycles. The van der Waals surface area contributed by atoms with E-state index in [-0.39, 0.29) is 44.2 Å². The molecule has 3 rings (SSSR count). The monoisotopic (exact) mass is 679 g/mol. The van der Waals surface area contributed by atoms with E-state index >= 15 is 0 Å². The Morgan fingerprint density at radius 2 is 1.50 bits per heavy atom. The largest absolute Gasteiger partial charge is 0.492 e. The number of rotatable bonds is 11. The number of alkyl halides is 9. The van der Waals surface area contributed by atoms with Crippen LogP contribution in [0.1, 0.15) is 0 Å². The number of hydrogen-bond acceptors (Lipinski definition) is 10. The highest BCUT2D eigenvalue weighted by Crippen LogP contribution is 2.36. The van der Waals surface area contributed by atoms with Gasteiger partial charge in [-0.3, -0.25) is 0 Å². The minimum Gasteiger partial charge on any atom is -0.484 e. The molecule has 0 unspecified atom stereocenters. The second-order valence-corrected chi connectivity index (χ2v) is 11.3. The first-order chi connectivity index (χ1) is 20.2. The first kappa shape index (κ1) is 34.5. The van der Waals surface area contributed by atoms with Crippen LogP contribution in [0.2, 0.25) is 0 Å². The van der Waals surface area contributed by atoms with E-state index in [2.05, 4.69) is 30.2 Å². The van der Waals surface area contributed by atoms with Gasteiger partial charge in [0.15, 0.2) is 6.61 Å². The molecule has 0 saturated heterocycles. The lowest BCUT2D eigenvalue weighted by molar-refractivity contribution is -0.219. The van der Waals surface area contributed by atoms with Crippen molar-refractivity contribution in [3.63, 3.8) is 0 Å². The predicted octanol–water partition coefficient (Wildman–Crippen LogP) is 6.20. The van der Waals surface area contributed by atoms with Crippen LogP contribution >= 0.6 is 11.8 Å². The second kappa shape index (κ2) is 13.3. The summed E-state index contributed by atoms with van der Waals surface area (Å²) in [5.41, 5.74) is 0.0617. The van der Waals surface area contributed by atoms with Crippen LogP contribution in [0.15, 0.2) is 64.6 Å². The number of carbonyl (C=O) groups excluding carboxylic acids is 1. The standard InChI is InChI=1S/C23H18F9N5O5S2/c1-37(42-20(38)23(30,31)32)44(39,40)15-6-7-17(43-11-22(27,28)29)16(8-15)36-19-9-18(33-12-34-19)35-13-2-4-14(5-3-13)41-10-21(24,25)26/h2-9,12H,10-11H2,1H3,(H2,33,34,35,36). The number of anilines is 4. The molecule has 0 amide bonds. The fraction of sp³-hybridized carbons (Fsp3) is 0.261. The fourth-order valence-electron chi connectivity index (χ4n) is 3.00. The SMILES string of the molecule is CN(OC(=O)C(F)(F)F)S(=O)(=O)c1ccc(SCC(F)(F)F)c(Nc2cc(Nc3ccc(OCC(F)(F)F)cc3)ncn2)c1. The molecule has 10 nitrogen and oxygen atoms in total. The molecule has 0 atom stereocenters. The van der Waals surface area contributed by atoms with Gasteiger partial charge in [0.05, 0.1) is 16.3 Å². The van der Waals surface area contributed by atoms with Gasteiger partial charge in [-0.15, -0.1) is 11.8 Å². The quantitative estimate of drug-likeness (QED) is 0.138. The Morgan fingerprint density at radius 1 is 0.886 bits per heavy atom. The van der Waals surface area contributed by atoms with Crippen molar-refractivity contribution in [1.82, 2.24) is 14.4 Å². The van der Waals surface area contributed by atoms with Crippen LogP contribution in [0.4, 0.5) is 62.5 Å². The number of thioether (sulfide) groups is 1. The number of benzene rings is 2. The minimum absolute atomic E-state index is 0.0737. The van der Waals surface area contributed by atoms with Crippen molar-refractivity contribution in [2.75, 3.05) is 30.0 Å². The van der Waals surface area contributed by atoms with Gasteiger partial charge in [0.25, 0.3) is 10.0 Å². The van der Waals surface area contributed by atoms with Crippen LogP contribution in [0.25, 0.3) is 0 Å². The highest BCUT2D eigenvalue weighted by Gasteiger charge is 2.44. The topological polar surface area (TPSA) is 123 Å². The molecule has 0 fully saturated rings. The number of ether oxygens (including phenoxy) is 1. The third-order valence-corrected chi connectivity index (χ3v) is 7.62. The Kier molecular flexibility index (Phi) is 10.5. The number of hydroxylamine groups is 1. The molecule has 2 N–H and O–H groups in total. The molecule has 3 aromatic rings. The molecule has 21 heteroatoms. The smallest absolute Gasteiger partial charge is 0.484 e. The van der Waals surface area contributed by atoms with E-state index in [0.29, 0.717) is 12.7 Å². The Hall–Kier alpha value is -3.98. The maximum Gasteiger partial charge on any atom is 0.492 e. The van der Waals surface area contributed by atoms with Gasteiger partial charge in [-0.25, -0.2) is 23.2 Å². The van der Waals surface area contributed by atoms with Crippen LogP contribution in [0.3, 0.4) is 0 Å². The van der Waals surface area contributed by atoms with Crippen LogP contribution in [-0.4, -0.2) is 66.8 Å². The lowest BCUT2D eigenvalue weighted by Crippen LogP contribution is -2.36. The lowest BCUT2D eigenvalue weighted by atomic mass is 10.3. The number of halogens is 9. The first-order valence-corrected chi connectivity index (χ1v) is 13.9. The van der Waals surface area contributed by atoms with Crippen LogP contribution in [0, 0.1) is 0 Å². The summed E-state index contributed by atoms with van der Waals surface area (Å²) in [6, 6.07) is 9.00. The summed E-state index contributed by atoms with van der Waals surface area (Å²) in [5, 5.41) is 5.42. The number of carbonyl (C=O) groups is 1. The van der Waals surface area contributed by atoms with Gasteiger partial charge in [0.1, 0.15) is 23.7 Å². The molecule has 0 aliphatic heterocycles. The van der Waals surface area contributed by atoms with E-state index in [4.69, 9.17) is 0 Å². The highest BCUT2D eigenvalue weighted by molar-refractivity contribution is 7.99. The molecule has 240 valence electrons. The second-order valence-electron chi connectivity index (χ2n) is 8.32. The lowest BCUT2D eigenvalue weighted by Gasteiger charge is -2.19. The summed E-state index contributed by atoms with van der Waals surface area (Å²) < 4.78 is 143. The van der Waals surface area contributed by atoms with Gasteiger partial charge in [-0.1, -0.05) is 0 Å². The van der Waals surface area contributed by atoms with E-state index in [1.807, 2.05) is 0 Å². The zero-order valence-corrected chi connectivity index (χ0v) is 23.3. The number of nitrogens with zero attached hydrogens (tertiary/aromatic N) is 3. The normalized spacial score (nSPS) is 12.6. The van der Waals surface area contributed by atoms with Crippen LogP contribution in [-0.2, 0) is 19.7 Å². The zero-order valence-electron chi connectivity index (χ0n) is 21.7. The van der Waals surface area contributed by atoms with Crippen molar-refractivity contribution < 1.29 is 62.3 Å². The van der Waals surface area contributed by atoms with E-state index in [1.54, 1.807) is 0 Å². The summed E-state index contributed by atoms with van der Waals surface area (Å²) in [4.78, 5) is 21.9. The molecule has 44 heavy (non-hydrogen) atoms. The van der Waals surface area contributed by atoms with Crippen molar-refractivity contribution in [2.45, 2.75) is 28.3 Å². The Morgan fingerprint density at radius 3 is 2.07 bits per heavy atom. The molecule has 0 aliphatic rings. The van der Waals surface area contributed by atoms with E-state index < -0.39 is 51.8 Å². The average molecular weight is 680 g/mol. The molecule has 0 saturated carbocycles. The fourth-order valence-corrected chi connectivity index (χ4v) is 4.72. The summed E-state index contributed by atoms with van der Waals surface area (Å²) >= 11 is 0.257. The minimum atomic E-state index is -5.52. The summed E-state index contributed by atoms with van der Waals surface area (Å²) in [6.07, 6.45) is -13.7. The van der Waals surface area contributed by atoms with Gasteiger partial charge >= 0.3 is 24.5 Å². The van der Waals surface area contributed by atoms with Crippen LogP contribution < -0.4 is 15.4 Å². The van der Waals surface area contributed by atoms with Crippen molar-refractivity contribution in [1.29, 1.82) is 0 Å². The molecule has 1 heterocycles. The summed E-state index contributed by atoms with van der Waals surface area (Å²) in [5.74, 6) is -4.30. The zero-order chi connectivity index (χ0) is 32.9. The van der Waals surface area contributed by atoms with E-state index in [9.17, 15) is 52.7 Å². The molecule has 0 bridgehead atoms. The molecule has 1 aromatic heterocycles. The maximum absolute atomic E-state index is 12.9. The Labute approximate surface area is 246 Å². The highest BCUT2D eigenvalue weighted by atomic mass is 32.2. The van der Waals surface area contributed by atoms with Crippen molar-refractivity contribution in [3.8, 4) is 5.75 Å². The van der Waals surface area contributed by atoms with Crippen molar-refractivity contribution in [2.24, 2.45) is 0 Å². The number of sulfonamides is 1. The average Bonchev–Trinajstić information content (AvgIpc) is 2.90. The van der Waals surface area contributed by atoms with Crippen molar-refractivity contribution >= 4 is 50.8 Å². The third-order valence-electron chi connectivity index (χ3n) is 4.88. The maximum atomic E-state index is 12.9. The molecule has 2 aromatic carbocycles. The predicted molar refractivity (Wildman–Crippen MR) is 137 cm³/mol. The van der Waals surface area contributed by atoms with E-state index in [0.717, 1.165) is 24.5 Å². The van der Waals surface area contributed by atoms with E-state index in [1.165, 1.54) is 30.3 Å². The summed E-state index contributed by atoms with van der Waals surface area (Å²) in [6.45, 7) is -1.50. The Balaban J connectivity index is 1.86. The number of nitrogens with one attached hydrogen (secondary N) is 2. The molecular weight excluding hydrogens is 661 g/mol. The van der Waals surface area contributed by atoms with Gasteiger partial charge in [-0.2, -0.15) is 39.5 Å². The molecule has 0 spiro atoms. The first-order valence-electron chi connectivity index (χ1n) is 11.5. The number of aromatic nitrogens is 2. The van der Waals surface area contributed by atoms with Gasteiger partial charge in [0, 0.05) is 23.7 Å². The molecule has 0 radical (unpaired) electrons. The molecular formula is C23H18F9N5O5S2. The van der Waals surface area contributed by atoms with Gasteiger partial charge in [0.2, 0.25) is 0 Å². The Bertz CT molecular complexity index is 1570. The summed E-state index contributed by atoms with van der Waals surface area (Å²) in [7, 11) is -4.42. The van der Waals surface area contributed by atoms with Crippen LogP contribution in [0.5, 0.6) is 5.75 Å². The van der Waals surface area contributed by atoms with Gasteiger partial charge < -0.3 is 20.2 Å². The number of hydrogen-bond donors (Lipinski definition) is 2. The van der Waals surface area contributed by atoms with Gasteiger partial charge in [-0.05, 0) is 46.9 Å². The third kappa shape index (κ3) is 10.3.